The van der Waals surface area contributed by atoms with Crippen molar-refractivity contribution in [3.63, 3.8) is 0 Å². The summed E-state index contributed by atoms with van der Waals surface area (Å²) in [7, 11) is -4.64. The summed E-state index contributed by atoms with van der Waals surface area (Å²) in [4.78, 5) is 0. The molecule has 0 rings (SSSR count). The van der Waals surface area contributed by atoms with E-state index in [1.165, 1.54) is 77.0 Å². The Bertz CT molecular complexity index is 454. The van der Waals surface area contributed by atoms with Crippen LogP contribution in [0.5, 0.6) is 0 Å². The molecule has 1 atom stereocenters. The van der Waals surface area contributed by atoms with Crippen LogP contribution in [-0.4, -0.2) is 32.3 Å². The summed E-state index contributed by atoms with van der Waals surface area (Å²) in [6.45, 7) is 4.76. The van der Waals surface area contributed by atoms with Crippen molar-refractivity contribution in [1.29, 1.82) is 0 Å². The van der Waals surface area contributed by atoms with Gasteiger partial charge in [0, 0.05) is 6.61 Å². The van der Waals surface area contributed by atoms with Gasteiger partial charge >= 0.3 is 29.6 Å². The number of hydrogen-bond donors (Lipinski definition) is 0. The van der Waals surface area contributed by atoms with Crippen molar-refractivity contribution in [2.75, 3.05) is 13.2 Å². The first-order chi connectivity index (χ1) is 13.5. The Morgan fingerprint density at radius 2 is 1.28 bits per heavy atom. The van der Waals surface area contributed by atoms with Gasteiger partial charge in [-0.15, -0.1) is 0 Å². The minimum atomic E-state index is -4.64. The van der Waals surface area contributed by atoms with Gasteiger partial charge in [-0.3, -0.25) is 4.18 Å². The topological polar surface area (TPSA) is 75.7 Å². The fourth-order valence-corrected chi connectivity index (χ4v) is 3.57. The number of rotatable bonds is 21. The monoisotopic (exact) mass is 442 g/mol. The van der Waals surface area contributed by atoms with Gasteiger partial charge in [0.25, 0.3) is 0 Å². The zero-order valence-corrected chi connectivity index (χ0v) is 22.0. The standard InChI is InChI=1S/C22H44O5S.Na/c1-3-5-6-7-8-9-10-11-12-13-14-15-16-17-18-19-20-26-21-22(4-2)27-28(23,24)25;/h11-12,22H,3-10,13-21H2,1-2H3,(H,23,24,25);/q;+1/p-1/b12-11-;. The van der Waals surface area contributed by atoms with Gasteiger partial charge in [0.05, 0.1) is 12.7 Å². The minimum Gasteiger partial charge on any atom is -0.726 e. The van der Waals surface area contributed by atoms with Gasteiger partial charge in [0.15, 0.2) is 0 Å². The third kappa shape index (κ3) is 26.5. The normalized spacial score (nSPS) is 12.9. The van der Waals surface area contributed by atoms with Crippen molar-refractivity contribution in [3.8, 4) is 0 Å². The molecule has 0 aromatic carbocycles. The van der Waals surface area contributed by atoms with Crippen LogP contribution in [0.3, 0.4) is 0 Å². The van der Waals surface area contributed by atoms with Crippen molar-refractivity contribution in [1.82, 2.24) is 0 Å². The third-order valence-corrected chi connectivity index (χ3v) is 5.32. The second kappa shape index (κ2) is 23.2. The fourth-order valence-electron chi connectivity index (χ4n) is 3.05. The predicted octanol–water partition coefficient (Wildman–Crippen LogP) is 3.30. The van der Waals surface area contributed by atoms with Crippen LogP contribution >= 0.6 is 0 Å². The zero-order chi connectivity index (χ0) is 20.9. The Labute approximate surface area is 202 Å². The molecular formula is C22H43NaO5S. The molecule has 0 aromatic rings. The van der Waals surface area contributed by atoms with Crippen LogP contribution in [0.2, 0.25) is 0 Å². The second-order valence-electron chi connectivity index (χ2n) is 7.55. The SMILES string of the molecule is CCCCCCCC/C=C\CCCCCCCCOCC(CC)OS(=O)(=O)[O-].[Na+]. The van der Waals surface area contributed by atoms with Crippen molar-refractivity contribution in [2.24, 2.45) is 0 Å². The molecule has 0 bridgehead atoms. The molecule has 5 nitrogen and oxygen atoms in total. The van der Waals surface area contributed by atoms with Gasteiger partial charge < -0.3 is 9.29 Å². The molecule has 0 saturated heterocycles. The van der Waals surface area contributed by atoms with E-state index in [-0.39, 0.29) is 36.2 Å². The first kappa shape index (κ1) is 31.8. The summed E-state index contributed by atoms with van der Waals surface area (Å²) in [5.74, 6) is 0. The molecule has 0 aromatic heterocycles. The molecule has 0 heterocycles. The van der Waals surface area contributed by atoms with Gasteiger partial charge in [-0.25, -0.2) is 8.42 Å². The first-order valence-corrected chi connectivity index (χ1v) is 12.7. The Balaban J connectivity index is 0. The van der Waals surface area contributed by atoms with Gasteiger partial charge in [0.1, 0.15) is 0 Å². The van der Waals surface area contributed by atoms with Crippen molar-refractivity contribution in [2.45, 2.75) is 116 Å². The summed E-state index contributed by atoms with van der Waals surface area (Å²) in [6.07, 6.45) is 22.1. The maximum Gasteiger partial charge on any atom is 1.00 e. The van der Waals surface area contributed by atoms with Crippen LogP contribution in [0.1, 0.15) is 110 Å². The number of allylic oxidation sites excluding steroid dienone is 2. The summed E-state index contributed by atoms with van der Waals surface area (Å²) < 4.78 is 41.5. The molecule has 0 amide bonds. The molecule has 7 heteroatoms. The van der Waals surface area contributed by atoms with Crippen LogP contribution in [0.15, 0.2) is 12.2 Å². The molecule has 0 radical (unpaired) electrons. The second-order valence-corrected chi connectivity index (χ2v) is 8.56. The third-order valence-electron chi connectivity index (χ3n) is 4.81. The average molecular weight is 443 g/mol. The summed E-state index contributed by atoms with van der Waals surface area (Å²) in [5, 5.41) is 0. The van der Waals surface area contributed by atoms with Crippen LogP contribution in [0.25, 0.3) is 0 Å². The molecule has 0 aliphatic carbocycles. The maximum atomic E-state index is 10.6. The Kier molecular flexibility index (Phi) is 25.4. The van der Waals surface area contributed by atoms with Gasteiger partial charge in [0.2, 0.25) is 10.4 Å². The maximum absolute atomic E-state index is 10.6. The first-order valence-electron chi connectivity index (χ1n) is 11.4. The van der Waals surface area contributed by atoms with E-state index in [4.69, 9.17) is 4.74 Å². The Hall–Kier alpha value is 0.570. The molecular weight excluding hydrogens is 399 g/mol. The van der Waals surface area contributed by atoms with Gasteiger partial charge in [-0.1, -0.05) is 83.8 Å². The van der Waals surface area contributed by atoms with Crippen molar-refractivity contribution < 1.29 is 51.4 Å². The van der Waals surface area contributed by atoms with E-state index in [0.29, 0.717) is 13.0 Å². The number of hydrogen-bond acceptors (Lipinski definition) is 5. The van der Waals surface area contributed by atoms with E-state index in [2.05, 4.69) is 23.3 Å². The number of ether oxygens (including phenoxy) is 1. The van der Waals surface area contributed by atoms with E-state index in [1.54, 1.807) is 6.92 Å². The molecule has 1 unspecified atom stereocenters. The van der Waals surface area contributed by atoms with E-state index in [9.17, 15) is 13.0 Å². The van der Waals surface area contributed by atoms with Crippen molar-refractivity contribution >= 4 is 10.4 Å². The molecule has 0 saturated carbocycles. The minimum absolute atomic E-state index is 0. The molecule has 0 aliphatic heterocycles. The Morgan fingerprint density at radius 3 is 1.76 bits per heavy atom. The fraction of sp³-hybridized carbons (Fsp3) is 0.909. The molecule has 29 heavy (non-hydrogen) atoms. The average Bonchev–Trinajstić information content (AvgIpc) is 2.65. The predicted molar refractivity (Wildman–Crippen MR) is 115 cm³/mol. The van der Waals surface area contributed by atoms with Crippen LogP contribution in [-0.2, 0) is 19.3 Å². The zero-order valence-electron chi connectivity index (χ0n) is 19.2. The molecule has 0 N–H and O–H groups in total. The van der Waals surface area contributed by atoms with Crippen LogP contribution < -0.4 is 29.6 Å². The van der Waals surface area contributed by atoms with Crippen LogP contribution in [0.4, 0.5) is 0 Å². The summed E-state index contributed by atoms with van der Waals surface area (Å²) >= 11 is 0. The quantitative estimate of drug-likeness (QED) is 0.0896. The van der Waals surface area contributed by atoms with Gasteiger partial charge in [-0.05, 0) is 38.5 Å². The van der Waals surface area contributed by atoms with E-state index >= 15 is 0 Å². The molecule has 0 spiro atoms. The van der Waals surface area contributed by atoms with Gasteiger partial charge in [-0.2, -0.15) is 0 Å². The smallest absolute Gasteiger partial charge is 0.726 e. The number of unbranched alkanes of at least 4 members (excludes halogenated alkanes) is 12. The molecule has 0 fully saturated rings. The summed E-state index contributed by atoms with van der Waals surface area (Å²) in [6, 6.07) is 0. The molecule has 168 valence electrons. The van der Waals surface area contributed by atoms with E-state index in [0.717, 1.165) is 12.8 Å². The van der Waals surface area contributed by atoms with Crippen LogP contribution in [0, 0.1) is 0 Å². The van der Waals surface area contributed by atoms with E-state index in [1.807, 2.05) is 0 Å². The summed E-state index contributed by atoms with van der Waals surface area (Å²) in [5.41, 5.74) is 0. The molecule has 0 aliphatic rings. The largest absolute Gasteiger partial charge is 1.00 e. The Morgan fingerprint density at radius 1 is 0.793 bits per heavy atom. The van der Waals surface area contributed by atoms with E-state index < -0.39 is 16.5 Å². The van der Waals surface area contributed by atoms with Crippen molar-refractivity contribution in [3.05, 3.63) is 12.2 Å².